The molecule has 0 unspecified atom stereocenters. The molecule has 1 aliphatic heterocycles. The zero-order chi connectivity index (χ0) is 18.8. The first-order valence-corrected chi connectivity index (χ1v) is 10.1. The lowest BCUT2D eigenvalue weighted by atomic mass is 10.0. The molecular formula is C21H37IN4O. The van der Waals surface area contributed by atoms with Crippen molar-refractivity contribution >= 4 is 29.9 Å². The Labute approximate surface area is 182 Å². The minimum absolute atomic E-state index is 0. The van der Waals surface area contributed by atoms with Gasteiger partial charge in [-0.05, 0) is 51.7 Å². The maximum atomic E-state index is 5.45. The van der Waals surface area contributed by atoms with E-state index >= 15 is 0 Å². The van der Waals surface area contributed by atoms with E-state index in [1.807, 2.05) is 6.92 Å². The minimum Gasteiger partial charge on any atom is -0.377 e. The third kappa shape index (κ3) is 8.79. The molecule has 154 valence electrons. The van der Waals surface area contributed by atoms with E-state index in [1.54, 1.807) is 0 Å². The molecule has 0 radical (unpaired) electrons. The first kappa shape index (κ1) is 24.2. The Hall–Kier alpha value is -0.860. The van der Waals surface area contributed by atoms with Crippen molar-refractivity contribution in [2.45, 2.75) is 65.8 Å². The largest absolute Gasteiger partial charge is 0.377 e. The first-order chi connectivity index (χ1) is 12.6. The predicted molar refractivity (Wildman–Crippen MR) is 125 cm³/mol. The van der Waals surface area contributed by atoms with Crippen LogP contribution >= 0.6 is 24.0 Å². The minimum atomic E-state index is 0. The molecule has 6 heteroatoms. The molecule has 0 atom stereocenters. The lowest BCUT2D eigenvalue weighted by Gasteiger charge is -2.35. The third-order valence-electron chi connectivity index (χ3n) is 4.86. The Kier molecular flexibility index (Phi) is 11.9. The topological polar surface area (TPSA) is 48.9 Å². The molecule has 1 aliphatic rings. The van der Waals surface area contributed by atoms with Gasteiger partial charge in [-0.15, -0.1) is 24.0 Å². The maximum absolute atomic E-state index is 5.45. The van der Waals surface area contributed by atoms with Gasteiger partial charge < -0.3 is 20.3 Å². The molecule has 2 N–H and O–H groups in total. The molecule has 1 aromatic carbocycles. The van der Waals surface area contributed by atoms with Gasteiger partial charge in [-0.3, -0.25) is 0 Å². The van der Waals surface area contributed by atoms with Crippen molar-refractivity contribution < 1.29 is 4.74 Å². The number of likely N-dealkylation sites (tertiary alicyclic amines) is 1. The van der Waals surface area contributed by atoms with Crippen LogP contribution in [0, 0.1) is 0 Å². The molecule has 0 amide bonds. The predicted octanol–water partition coefficient (Wildman–Crippen LogP) is 3.77. The van der Waals surface area contributed by atoms with Crippen molar-refractivity contribution in [1.29, 1.82) is 0 Å². The number of hydrogen-bond acceptors (Lipinski definition) is 3. The Bertz CT molecular complexity index is 540. The van der Waals surface area contributed by atoms with Crippen LogP contribution in [0.25, 0.3) is 0 Å². The van der Waals surface area contributed by atoms with Gasteiger partial charge >= 0.3 is 0 Å². The molecule has 0 spiro atoms. The second-order valence-corrected chi connectivity index (χ2v) is 7.20. The fourth-order valence-electron chi connectivity index (χ4n) is 3.20. The fourth-order valence-corrected chi connectivity index (χ4v) is 3.20. The Morgan fingerprint density at radius 1 is 1.15 bits per heavy atom. The second kappa shape index (κ2) is 13.3. The van der Waals surface area contributed by atoms with E-state index in [0.717, 1.165) is 32.2 Å². The highest BCUT2D eigenvalue weighted by Gasteiger charge is 2.21. The molecule has 5 nitrogen and oxygen atoms in total. The number of nitrogens with zero attached hydrogens (tertiary/aromatic N) is 2. The molecule has 1 aromatic rings. The number of rotatable bonds is 8. The Balaban J connectivity index is 0.00000364. The number of halogens is 1. The number of guanidine groups is 1. The maximum Gasteiger partial charge on any atom is 0.191 e. The highest BCUT2D eigenvalue weighted by Crippen LogP contribution is 2.13. The average Bonchev–Trinajstić information content (AvgIpc) is 2.66. The molecule has 2 rings (SSSR count). The lowest BCUT2D eigenvalue weighted by Crippen LogP contribution is -2.49. The van der Waals surface area contributed by atoms with E-state index in [-0.39, 0.29) is 24.0 Å². The van der Waals surface area contributed by atoms with Crippen LogP contribution < -0.4 is 10.6 Å². The summed E-state index contributed by atoms with van der Waals surface area (Å²) in [7, 11) is 0. The second-order valence-electron chi connectivity index (χ2n) is 7.20. The first-order valence-electron chi connectivity index (χ1n) is 10.1. The van der Waals surface area contributed by atoms with Gasteiger partial charge in [0.2, 0.25) is 0 Å². The molecule has 0 saturated carbocycles. The number of ether oxygens (including phenoxy) is 1. The number of aliphatic imine (C=N–C) groups is 1. The van der Waals surface area contributed by atoms with Gasteiger partial charge in [-0.1, -0.05) is 24.3 Å². The van der Waals surface area contributed by atoms with Crippen molar-refractivity contribution in [3.63, 3.8) is 0 Å². The van der Waals surface area contributed by atoms with E-state index in [0.29, 0.717) is 25.2 Å². The molecule has 1 fully saturated rings. The molecule has 0 bridgehead atoms. The van der Waals surface area contributed by atoms with Crippen LogP contribution in [0.15, 0.2) is 29.3 Å². The van der Waals surface area contributed by atoms with Gasteiger partial charge in [-0.25, -0.2) is 4.99 Å². The van der Waals surface area contributed by atoms with Gasteiger partial charge in [0.25, 0.3) is 0 Å². The highest BCUT2D eigenvalue weighted by atomic mass is 127. The summed E-state index contributed by atoms with van der Waals surface area (Å²) >= 11 is 0. The van der Waals surface area contributed by atoms with Gasteiger partial charge in [0.1, 0.15) is 0 Å². The molecule has 0 aliphatic carbocycles. The normalized spacial score (nSPS) is 16.3. The van der Waals surface area contributed by atoms with Crippen molar-refractivity contribution in [1.82, 2.24) is 15.5 Å². The quantitative estimate of drug-likeness (QED) is 0.333. The number of hydrogen-bond donors (Lipinski definition) is 2. The number of benzene rings is 1. The van der Waals surface area contributed by atoms with E-state index in [9.17, 15) is 0 Å². The van der Waals surface area contributed by atoms with Crippen LogP contribution in [0.4, 0.5) is 0 Å². The molecular weight excluding hydrogens is 451 g/mol. The summed E-state index contributed by atoms with van der Waals surface area (Å²) in [4.78, 5) is 7.32. The van der Waals surface area contributed by atoms with Gasteiger partial charge in [0.15, 0.2) is 5.96 Å². The van der Waals surface area contributed by atoms with Gasteiger partial charge in [-0.2, -0.15) is 0 Å². The number of piperidine rings is 1. The highest BCUT2D eigenvalue weighted by molar-refractivity contribution is 14.0. The van der Waals surface area contributed by atoms with E-state index < -0.39 is 0 Å². The van der Waals surface area contributed by atoms with E-state index in [4.69, 9.17) is 9.73 Å². The molecule has 27 heavy (non-hydrogen) atoms. The summed E-state index contributed by atoms with van der Waals surface area (Å²) in [6.45, 7) is 14.0. The van der Waals surface area contributed by atoms with Crippen LogP contribution in [0.1, 0.15) is 51.7 Å². The third-order valence-corrected chi connectivity index (χ3v) is 4.86. The van der Waals surface area contributed by atoms with Crippen molar-refractivity contribution in [3.8, 4) is 0 Å². The van der Waals surface area contributed by atoms with E-state index in [1.165, 1.54) is 24.0 Å². The van der Waals surface area contributed by atoms with Crippen LogP contribution in [0.2, 0.25) is 0 Å². The van der Waals surface area contributed by atoms with Crippen molar-refractivity contribution in [3.05, 3.63) is 35.4 Å². The van der Waals surface area contributed by atoms with Crippen molar-refractivity contribution in [2.75, 3.05) is 26.2 Å². The molecule has 0 aromatic heterocycles. The van der Waals surface area contributed by atoms with E-state index in [2.05, 4.69) is 60.6 Å². The van der Waals surface area contributed by atoms with Crippen LogP contribution in [-0.2, 0) is 17.9 Å². The summed E-state index contributed by atoms with van der Waals surface area (Å²) in [5, 5.41) is 7.00. The zero-order valence-corrected chi connectivity index (χ0v) is 19.7. The Morgan fingerprint density at radius 3 is 2.33 bits per heavy atom. The monoisotopic (exact) mass is 488 g/mol. The summed E-state index contributed by atoms with van der Waals surface area (Å²) in [5.41, 5.74) is 2.43. The SMILES string of the molecule is CCNC(=NCc1ccc(COCC)cc1)NC1CCN(C(C)C)CC1.I. The summed E-state index contributed by atoms with van der Waals surface area (Å²) in [6, 6.07) is 9.69. The van der Waals surface area contributed by atoms with Crippen LogP contribution in [0.3, 0.4) is 0 Å². The molecule has 1 heterocycles. The smallest absolute Gasteiger partial charge is 0.191 e. The lowest BCUT2D eigenvalue weighted by molar-refractivity contribution is 0.134. The van der Waals surface area contributed by atoms with Gasteiger partial charge in [0.05, 0.1) is 13.2 Å². The Morgan fingerprint density at radius 2 is 1.78 bits per heavy atom. The van der Waals surface area contributed by atoms with Gasteiger partial charge in [0, 0.05) is 38.3 Å². The molecule has 1 saturated heterocycles. The fraction of sp³-hybridized carbons (Fsp3) is 0.667. The summed E-state index contributed by atoms with van der Waals surface area (Å²) in [5.74, 6) is 0.925. The average molecular weight is 488 g/mol. The van der Waals surface area contributed by atoms with Crippen molar-refractivity contribution in [2.24, 2.45) is 4.99 Å². The number of nitrogens with one attached hydrogen (secondary N) is 2. The summed E-state index contributed by atoms with van der Waals surface area (Å²) < 4.78 is 5.45. The summed E-state index contributed by atoms with van der Waals surface area (Å²) in [6.07, 6.45) is 2.35. The van der Waals surface area contributed by atoms with Crippen LogP contribution in [-0.4, -0.2) is 49.2 Å². The standard InChI is InChI=1S/C21H36N4O.HI/c1-5-22-21(24-20-11-13-25(14-12-20)17(3)4)23-15-18-7-9-19(10-8-18)16-26-6-2;/h7-10,17,20H,5-6,11-16H2,1-4H3,(H2,22,23,24);1H. The van der Waals surface area contributed by atoms with Crippen LogP contribution in [0.5, 0.6) is 0 Å². The zero-order valence-electron chi connectivity index (χ0n) is 17.3.